The molecule has 0 radical (unpaired) electrons. The molecule has 108 valence electrons. The van der Waals surface area contributed by atoms with Gasteiger partial charge in [-0.2, -0.15) is 5.10 Å². The van der Waals surface area contributed by atoms with Crippen molar-refractivity contribution in [3.05, 3.63) is 21.3 Å². The molecule has 2 heterocycles. The van der Waals surface area contributed by atoms with E-state index in [-0.39, 0.29) is 0 Å². The summed E-state index contributed by atoms with van der Waals surface area (Å²) >= 11 is 1.81. The van der Waals surface area contributed by atoms with Crippen LogP contribution in [0, 0.1) is 13.8 Å². The van der Waals surface area contributed by atoms with E-state index in [0.29, 0.717) is 12.5 Å². The molecule has 1 aliphatic carbocycles. The van der Waals surface area contributed by atoms with E-state index in [1.807, 2.05) is 11.7 Å². The van der Waals surface area contributed by atoms with E-state index >= 15 is 0 Å². The molecule has 3 rings (SSSR count). The van der Waals surface area contributed by atoms with Crippen LogP contribution in [-0.2, 0) is 13.6 Å². The van der Waals surface area contributed by atoms with Crippen LogP contribution in [0.2, 0.25) is 0 Å². The molecule has 0 unspecified atom stereocenters. The molecule has 1 aliphatic rings. The minimum absolute atomic E-state index is 0.531. The zero-order valence-corrected chi connectivity index (χ0v) is 13.3. The summed E-state index contributed by atoms with van der Waals surface area (Å²) in [5, 5.41) is 5.59. The van der Waals surface area contributed by atoms with Crippen LogP contribution in [-0.4, -0.2) is 14.8 Å². The van der Waals surface area contributed by atoms with Gasteiger partial charge in [0.15, 0.2) is 0 Å². The van der Waals surface area contributed by atoms with Crippen LogP contribution in [0.5, 0.6) is 0 Å². The Morgan fingerprint density at radius 3 is 2.55 bits per heavy atom. The Balaban J connectivity index is 2.14. The third kappa shape index (κ3) is 2.19. The van der Waals surface area contributed by atoms with Crippen molar-refractivity contribution < 1.29 is 0 Å². The number of aryl methyl sites for hydroxylation is 2. The van der Waals surface area contributed by atoms with Crippen LogP contribution in [0.15, 0.2) is 0 Å². The predicted molar refractivity (Wildman–Crippen MR) is 82.9 cm³/mol. The summed E-state index contributed by atoms with van der Waals surface area (Å²) in [5.74, 6) is 0.668. The number of hydrogen-bond donors (Lipinski definition) is 1. The van der Waals surface area contributed by atoms with Gasteiger partial charge in [-0.3, -0.25) is 4.68 Å². The quantitative estimate of drug-likeness (QED) is 0.943. The van der Waals surface area contributed by atoms with Crippen molar-refractivity contribution in [3.8, 4) is 11.3 Å². The van der Waals surface area contributed by atoms with E-state index in [1.165, 1.54) is 41.8 Å². The van der Waals surface area contributed by atoms with Crippen molar-refractivity contribution in [1.29, 1.82) is 0 Å². The average Bonchev–Trinajstić information content (AvgIpc) is 3.10. The van der Waals surface area contributed by atoms with Gasteiger partial charge in [0.1, 0.15) is 5.01 Å². The van der Waals surface area contributed by atoms with Crippen LogP contribution in [0.4, 0.5) is 0 Å². The number of aromatic nitrogens is 3. The van der Waals surface area contributed by atoms with Gasteiger partial charge in [-0.25, -0.2) is 4.98 Å². The Morgan fingerprint density at radius 2 is 2.00 bits per heavy atom. The Labute approximate surface area is 124 Å². The fourth-order valence-corrected chi connectivity index (χ4v) is 4.35. The highest BCUT2D eigenvalue weighted by Crippen LogP contribution is 2.43. The summed E-state index contributed by atoms with van der Waals surface area (Å²) in [5.41, 5.74) is 10.4. The minimum atomic E-state index is 0.531. The Kier molecular flexibility index (Phi) is 3.65. The van der Waals surface area contributed by atoms with E-state index < -0.39 is 0 Å². The molecule has 1 saturated carbocycles. The maximum Gasteiger partial charge on any atom is 0.107 e. The van der Waals surface area contributed by atoms with E-state index in [0.717, 1.165) is 16.4 Å². The summed E-state index contributed by atoms with van der Waals surface area (Å²) in [4.78, 5) is 6.25. The third-order valence-corrected chi connectivity index (χ3v) is 5.58. The van der Waals surface area contributed by atoms with Crippen molar-refractivity contribution in [2.45, 2.75) is 52.0 Å². The summed E-state index contributed by atoms with van der Waals surface area (Å²) in [6.07, 6.45) is 5.26. The standard InChI is InChI=1S/C15H22N4S/c1-9-13(10(2)19(3)18-9)14-15(11-6-4-5-7-11)20-12(8-16)17-14/h11H,4-8,16H2,1-3H3. The smallest absolute Gasteiger partial charge is 0.107 e. The molecule has 0 amide bonds. The van der Waals surface area contributed by atoms with E-state index in [4.69, 9.17) is 10.7 Å². The molecule has 0 bridgehead atoms. The van der Waals surface area contributed by atoms with E-state index in [2.05, 4.69) is 18.9 Å². The lowest BCUT2D eigenvalue weighted by molar-refractivity contribution is 0.730. The zero-order valence-electron chi connectivity index (χ0n) is 12.4. The van der Waals surface area contributed by atoms with Gasteiger partial charge >= 0.3 is 0 Å². The van der Waals surface area contributed by atoms with Crippen LogP contribution in [0.3, 0.4) is 0 Å². The second-order valence-electron chi connectivity index (χ2n) is 5.68. The summed E-state index contributed by atoms with van der Waals surface area (Å²) in [6.45, 7) is 4.72. The molecule has 0 atom stereocenters. The van der Waals surface area contributed by atoms with E-state index in [1.54, 1.807) is 11.3 Å². The summed E-state index contributed by atoms with van der Waals surface area (Å²) in [7, 11) is 2.00. The highest BCUT2D eigenvalue weighted by atomic mass is 32.1. The van der Waals surface area contributed by atoms with Crippen LogP contribution < -0.4 is 5.73 Å². The van der Waals surface area contributed by atoms with Crippen molar-refractivity contribution in [1.82, 2.24) is 14.8 Å². The molecule has 0 spiro atoms. The SMILES string of the molecule is Cc1nn(C)c(C)c1-c1nc(CN)sc1C1CCCC1. The molecule has 2 N–H and O–H groups in total. The maximum absolute atomic E-state index is 5.82. The normalized spacial score (nSPS) is 16.2. The largest absolute Gasteiger partial charge is 0.325 e. The monoisotopic (exact) mass is 290 g/mol. The first-order valence-corrected chi connectivity index (χ1v) is 8.13. The first kappa shape index (κ1) is 13.8. The highest BCUT2D eigenvalue weighted by Gasteiger charge is 2.26. The van der Waals surface area contributed by atoms with Gasteiger partial charge in [0.05, 0.1) is 11.4 Å². The van der Waals surface area contributed by atoms with E-state index in [9.17, 15) is 0 Å². The molecule has 5 heteroatoms. The second-order valence-corrected chi connectivity index (χ2v) is 6.79. The number of hydrogen-bond acceptors (Lipinski definition) is 4. The van der Waals surface area contributed by atoms with Crippen LogP contribution in [0.25, 0.3) is 11.3 Å². The molecular formula is C15H22N4S. The molecule has 2 aromatic heterocycles. The van der Waals surface area contributed by atoms with Crippen molar-refractivity contribution in [3.63, 3.8) is 0 Å². The Hall–Kier alpha value is -1.20. The molecule has 2 aromatic rings. The lowest BCUT2D eigenvalue weighted by Gasteiger charge is -2.09. The molecule has 1 fully saturated rings. The lowest BCUT2D eigenvalue weighted by Crippen LogP contribution is -1.96. The molecule has 20 heavy (non-hydrogen) atoms. The Bertz CT molecular complexity index is 620. The lowest BCUT2D eigenvalue weighted by atomic mass is 10.00. The zero-order chi connectivity index (χ0) is 14.3. The van der Waals surface area contributed by atoms with Gasteiger partial charge in [-0.05, 0) is 32.6 Å². The number of thiazole rings is 1. The minimum Gasteiger partial charge on any atom is -0.325 e. The molecule has 0 saturated heterocycles. The average molecular weight is 290 g/mol. The van der Waals surface area contributed by atoms with Gasteiger partial charge in [0.25, 0.3) is 0 Å². The van der Waals surface area contributed by atoms with Crippen molar-refractivity contribution in [2.75, 3.05) is 0 Å². The number of rotatable bonds is 3. The Morgan fingerprint density at radius 1 is 1.30 bits per heavy atom. The maximum atomic E-state index is 5.82. The second kappa shape index (κ2) is 5.30. The van der Waals surface area contributed by atoms with Gasteiger partial charge < -0.3 is 5.73 Å². The fourth-order valence-electron chi connectivity index (χ4n) is 3.23. The van der Waals surface area contributed by atoms with Crippen LogP contribution >= 0.6 is 11.3 Å². The molecule has 0 aliphatic heterocycles. The summed E-state index contributed by atoms with van der Waals surface area (Å²) < 4.78 is 1.95. The van der Waals surface area contributed by atoms with Gasteiger partial charge in [0, 0.05) is 29.7 Å². The molecule has 0 aromatic carbocycles. The summed E-state index contributed by atoms with van der Waals surface area (Å²) in [6, 6.07) is 0. The number of nitrogens with two attached hydrogens (primary N) is 1. The van der Waals surface area contributed by atoms with Gasteiger partial charge in [-0.15, -0.1) is 11.3 Å². The van der Waals surface area contributed by atoms with Gasteiger partial charge in [0.2, 0.25) is 0 Å². The van der Waals surface area contributed by atoms with Crippen LogP contribution in [0.1, 0.15) is 52.9 Å². The predicted octanol–water partition coefficient (Wildman–Crippen LogP) is 3.28. The van der Waals surface area contributed by atoms with Crippen molar-refractivity contribution >= 4 is 11.3 Å². The topological polar surface area (TPSA) is 56.7 Å². The fraction of sp³-hybridized carbons (Fsp3) is 0.600. The van der Waals surface area contributed by atoms with Crippen molar-refractivity contribution in [2.24, 2.45) is 12.8 Å². The first-order valence-electron chi connectivity index (χ1n) is 7.32. The molecular weight excluding hydrogens is 268 g/mol. The van der Waals surface area contributed by atoms with Gasteiger partial charge in [-0.1, -0.05) is 12.8 Å². The highest BCUT2D eigenvalue weighted by molar-refractivity contribution is 7.12. The third-order valence-electron chi connectivity index (χ3n) is 4.34. The number of nitrogens with zero attached hydrogens (tertiary/aromatic N) is 3. The molecule has 4 nitrogen and oxygen atoms in total. The first-order chi connectivity index (χ1) is 9.61.